The zero-order valence-electron chi connectivity index (χ0n) is 10.0. The van der Waals surface area contributed by atoms with Crippen molar-refractivity contribution in [3.63, 3.8) is 0 Å². The Hall–Kier alpha value is -0.650. The van der Waals surface area contributed by atoms with E-state index in [4.69, 9.17) is 15.6 Å². The summed E-state index contributed by atoms with van der Waals surface area (Å²) in [5, 5.41) is 12.0. The summed E-state index contributed by atoms with van der Waals surface area (Å²) >= 11 is 0. The molecule has 1 aliphatic heterocycles. The lowest BCUT2D eigenvalue weighted by Crippen LogP contribution is -2.59. The van der Waals surface area contributed by atoms with Crippen LogP contribution in [0, 0.1) is 5.92 Å². The summed E-state index contributed by atoms with van der Waals surface area (Å²) in [6, 6.07) is -0.226. The first-order valence-corrected chi connectivity index (χ1v) is 5.78. The van der Waals surface area contributed by atoms with Crippen LogP contribution < -0.4 is 11.1 Å². The number of carbonyl (C=O) groups excluding carboxylic acids is 1. The van der Waals surface area contributed by atoms with Crippen LogP contribution in [-0.4, -0.2) is 42.4 Å². The van der Waals surface area contributed by atoms with E-state index in [1.165, 1.54) is 0 Å². The summed E-state index contributed by atoms with van der Waals surface area (Å²) in [5.74, 6) is 0.0148. The standard InChI is InChI=1S/C11H22N2O3/c1-8(2)9(7-14)13-10(15)11(12)3-5-16-6-4-11/h8-9,14H,3-7,12H2,1-2H3,(H,13,15)/t9-/m1/s1. The van der Waals surface area contributed by atoms with Gasteiger partial charge in [0.15, 0.2) is 0 Å². The first kappa shape index (κ1) is 13.4. The molecular weight excluding hydrogens is 208 g/mol. The number of hydrogen-bond acceptors (Lipinski definition) is 4. The molecule has 5 heteroatoms. The molecule has 0 aromatic carbocycles. The van der Waals surface area contributed by atoms with E-state index < -0.39 is 5.54 Å². The molecular formula is C11H22N2O3. The second-order valence-corrected chi connectivity index (χ2v) is 4.78. The smallest absolute Gasteiger partial charge is 0.240 e. The summed E-state index contributed by atoms with van der Waals surface area (Å²) in [6.07, 6.45) is 1.07. The third-order valence-corrected chi connectivity index (χ3v) is 3.16. The van der Waals surface area contributed by atoms with Crippen LogP contribution in [0.3, 0.4) is 0 Å². The van der Waals surface area contributed by atoms with Gasteiger partial charge in [-0.15, -0.1) is 0 Å². The molecule has 0 aliphatic carbocycles. The van der Waals surface area contributed by atoms with Crippen LogP contribution in [0.5, 0.6) is 0 Å². The molecule has 0 radical (unpaired) electrons. The van der Waals surface area contributed by atoms with E-state index in [1.807, 2.05) is 13.8 Å². The molecule has 1 rings (SSSR count). The van der Waals surface area contributed by atoms with Gasteiger partial charge in [-0.1, -0.05) is 13.8 Å². The first-order chi connectivity index (χ1) is 7.49. The maximum Gasteiger partial charge on any atom is 0.240 e. The number of nitrogens with two attached hydrogens (primary N) is 1. The molecule has 1 saturated heterocycles. The summed E-state index contributed by atoms with van der Waals surface area (Å²) in [6.45, 7) is 4.89. The van der Waals surface area contributed by atoms with E-state index in [9.17, 15) is 4.79 Å². The van der Waals surface area contributed by atoms with Crippen molar-refractivity contribution in [2.24, 2.45) is 11.7 Å². The molecule has 1 amide bonds. The summed E-state index contributed by atoms with van der Waals surface area (Å²) in [7, 11) is 0. The fourth-order valence-electron chi connectivity index (χ4n) is 1.70. The Morgan fingerprint density at radius 1 is 1.50 bits per heavy atom. The molecule has 16 heavy (non-hydrogen) atoms. The lowest BCUT2D eigenvalue weighted by atomic mass is 9.89. The van der Waals surface area contributed by atoms with Gasteiger partial charge in [-0.2, -0.15) is 0 Å². The highest BCUT2D eigenvalue weighted by Gasteiger charge is 2.36. The predicted molar refractivity (Wildman–Crippen MR) is 60.8 cm³/mol. The number of carbonyl (C=O) groups is 1. The fraction of sp³-hybridized carbons (Fsp3) is 0.909. The van der Waals surface area contributed by atoms with Crippen LogP contribution in [0.15, 0.2) is 0 Å². The molecule has 0 spiro atoms. The molecule has 1 aliphatic rings. The lowest BCUT2D eigenvalue weighted by molar-refractivity contribution is -0.131. The largest absolute Gasteiger partial charge is 0.394 e. The van der Waals surface area contributed by atoms with Gasteiger partial charge in [-0.05, 0) is 18.8 Å². The van der Waals surface area contributed by atoms with Gasteiger partial charge in [0, 0.05) is 13.2 Å². The zero-order chi connectivity index (χ0) is 12.2. The zero-order valence-corrected chi connectivity index (χ0v) is 10.0. The van der Waals surface area contributed by atoms with Crippen molar-refractivity contribution in [2.75, 3.05) is 19.8 Å². The Balaban J connectivity index is 2.55. The van der Waals surface area contributed by atoms with Gasteiger partial charge >= 0.3 is 0 Å². The average Bonchev–Trinajstić information content (AvgIpc) is 2.26. The van der Waals surface area contributed by atoms with Gasteiger partial charge in [-0.3, -0.25) is 4.79 Å². The van der Waals surface area contributed by atoms with Crippen molar-refractivity contribution < 1.29 is 14.6 Å². The van der Waals surface area contributed by atoms with E-state index in [0.29, 0.717) is 26.1 Å². The van der Waals surface area contributed by atoms with Crippen LogP contribution in [0.1, 0.15) is 26.7 Å². The summed E-state index contributed by atoms with van der Waals surface area (Å²) in [5.41, 5.74) is 5.20. The number of amides is 1. The number of hydrogen-bond donors (Lipinski definition) is 3. The third-order valence-electron chi connectivity index (χ3n) is 3.16. The minimum atomic E-state index is -0.833. The molecule has 0 aromatic rings. The Bertz CT molecular complexity index is 237. The van der Waals surface area contributed by atoms with Crippen molar-refractivity contribution in [3.05, 3.63) is 0 Å². The highest BCUT2D eigenvalue weighted by atomic mass is 16.5. The Morgan fingerprint density at radius 2 is 2.06 bits per heavy atom. The van der Waals surface area contributed by atoms with E-state index in [1.54, 1.807) is 0 Å². The SMILES string of the molecule is CC(C)[C@@H](CO)NC(=O)C1(N)CCOCC1. The van der Waals surface area contributed by atoms with Crippen molar-refractivity contribution in [3.8, 4) is 0 Å². The van der Waals surface area contributed by atoms with Gasteiger partial charge in [0.05, 0.1) is 18.2 Å². The molecule has 0 aromatic heterocycles. The Labute approximate surface area is 96.3 Å². The molecule has 1 atom stereocenters. The molecule has 1 heterocycles. The van der Waals surface area contributed by atoms with Crippen molar-refractivity contribution >= 4 is 5.91 Å². The van der Waals surface area contributed by atoms with Gasteiger partial charge in [0.2, 0.25) is 5.91 Å². The second kappa shape index (κ2) is 5.61. The maximum absolute atomic E-state index is 12.0. The van der Waals surface area contributed by atoms with Crippen molar-refractivity contribution in [1.29, 1.82) is 0 Å². The minimum Gasteiger partial charge on any atom is -0.394 e. The fourth-order valence-corrected chi connectivity index (χ4v) is 1.70. The molecule has 5 nitrogen and oxygen atoms in total. The summed E-state index contributed by atoms with van der Waals surface area (Å²) in [4.78, 5) is 12.0. The van der Waals surface area contributed by atoms with Crippen LogP contribution in [0.25, 0.3) is 0 Å². The number of rotatable bonds is 4. The van der Waals surface area contributed by atoms with E-state index in [0.717, 1.165) is 0 Å². The van der Waals surface area contributed by atoms with E-state index in [2.05, 4.69) is 5.32 Å². The number of aliphatic hydroxyl groups is 1. The van der Waals surface area contributed by atoms with Crippen LogP contribution in [0.4, 0.5) is 0 Å². The van der Waals surface area contributed by atoms with Crippen LogP contribution in [-0.2, 0) is 9.53 Å². The van der Waals surface area contributed by atoms with Crippen molar-refractivity contribution in [2.45, 2.75) is 38.3 Å². The van der Waals surface area contributed by atoms with Gasteiger partial charge in [0.1, 0.15) is 0 Å². The molecule has 0 unspecified atom stereocenters. The van der Waals surface area contributed by atoms with Crippen LogP contribution >= 0.6 is 0 Å². The predicted octanol–water partition coefficient (Wildman–Crippen LogP) is -0.373. The molecule has 1 fully saturated rings. The maximum atomic E-state index is 12.0. The van der Waals surface area contributed by atoms with Crippen molar-refractivity contribution in [1.82, 2.24) is 5.32 Å². The average molecular weight is 230 g/mol. The highest BCUT2D eigenvalue weighted by molar-refractivity contribution is 5.86. The number of nitrogens with one attached hydrogen (secondary N) is 1. The van der Waals surface area contributed by atoms with E-state index >= 15 is 0 Å². The van der Waals surface area contributed by atoms with Gasteiger partial charge < -0.3 is 20.9 Å². The normalized spacial score (nSPS) is 21.8. The molecule has 0 bridgehead atoms. The number of ether oxygens (including phenoxy) is 1. The molecule has 0 saturated carbocycles. The lowest BCUT2D eigenvalue weighted by Gasteiger charge is -2.34. The monoisotopic (exact) mass is 230 g/mol. The number of aliphatic hydroxyl groups excluding tert-OH is 1. The topological polar surface area (TPSA) is 84.6 Å². The highest BCUT2D eigenvalue weighted by Crippen LogP contribution is 2.18. The van der Waals surface area contributed by atoms with Gasteiger partial charge in [-0.25, -0.2) is 0 Å². The second-order valence-electron chi connectivity index (χ2n) is 4.78. The van der Waals surface area contributed by atoms with Gasteiger partial charge in [0.25, 0.3) is 0 Å². The first-order valence-electron chi connectivity index (χ1n) is 5.78. The molecule has 4 N–H and O–H groups in total. The van der Waals surface area contributed by atoms with E-state index in [-0.39, 0.29) is 24.5 Å². The minimum absolute atomic E-state index is 0.0595. The summed E-state index contributed by atoms with van der Waals surface area (Å²) < 4.78 is 5.18. The quantitative estimate of drug-likeness (QED) is 0.615. The Morgan fingerprint density at radius 3 is 2.50 bits per heavy atom. The Kier molecular flexibility index (Phi) is 4.70. The van der Waals surface area contributed by atoms with Crippen LogP contribution in [0.2, 0.25) is 0 Å². The third kappa shape index (κ3) is 3.17. The molecule has 94 valence electrons.